The summed E-state index contributed by atoms with van der Waals surface area (Å²) >= 11 is 0. The van der Waals surface area contributed by atoms with Crippen molar-refractivity contribution in [3.63, 3.8) is 0 Å². The van der Waals surface area contributed by atoms with Gasteiger partial charge < -0.3 is 14.2 Å². The third-order valence-electron chi connectivity index (χ3n) is 13.4. The Labute approximate surface area is 406 Å². The van der Waals surface area contributed by atoms with Gasteiger partial charge in [0, 0.05) is 19.3 Å². The summed E-state index contributed by atoms with van der Waals surface area (Å²) in [7, 11) is 0. The van der Waals surface area contributed by atoms with Crippen molar-refractivity contribution in [1.82, 2.24) is 0 Å². The Morgan fingerprint density at radius 3 is 0.662 bits per heavy atom. The van der Waals surface area contributed by atoms with Gasteiger partial charge in [-0.05, 0) is 37.0 Å². The Morgan fingerprint density at radius 1 is 0.262 bits per heavy atom. The molecule has 0 rings (SSSR count). The lowest BCUT2D eigenvalue weighted by atomic mass is 10.0. The minimum absolute atomic E-state index is 0.0635. The number of hydrogen-bond donors (Lipinski definition) is 0. The van der Waals surface area contributed by atoms with Crippen molar-refractivity contribution >= 4 is 17.9 Å². The van der Waals surface area contributed by atoms with E-state index in [-0.39, 0.29) is 31.1 Å². The number of hydrogen-bond acceptors (Lipinski definition) is 6. The highest BCUT2D eigenvalue weighted by atomic mass is 16.6. The average Bonchev–Trinajstić information content (AvgIpc) is 3.26. The molecule has 0 amide bonds. The normalized spacial score (nSPS) is 12.1. The summed E-state index contributed by atoms with van der Waals surface area (Å²) in [5.41, 5.74) is 0. The lowest BCUT2D eigenvalue weighted by Gasteiger charge is -2.18. The summed E-state index contributed by atoms with van der Waals surface area (Å²) in [6, 6.07) is 0. The van der Waals surface area contributed by atoms with Crippen LogP contribution >= 0.6 is 0 Å². The van der Waals surface area contributed by atoms with Gasteiger partial charge in [-0.2, -0.15) is 0 Å². The van der Waals surface area contributed by atoms with Crippen molar-refractivity contribution < 1.29 is 28.6 Å². The van der Waals surface area contributed by atoms with Crippen LogP contribution in [0.3, 0.4) is 0 Å². The Bertz CT molecular complexity index is 1010. The summed E-state index contributed by atoms with van der Waals surface area (Å²) in [5, 5.41) is 0. The van der Waals surface area contributed by atoms with E-state index in [4.69, 9.17) is 14.2 Å². The zero-order valence-corrected chi connectivity index (χ0v) is 44.8. The van der Waals surface area contributed by atoms with E-state index in [1.54, 1.807) is 0 Å². The number of carbonyl (C=O) groups excluding carboxylic acids is 3. The van der Waals surface area contributed by atoms with Gasteiger partial charge in [-0.1, -0.05) is 286 Å². The monoisotopic (exact) mass is 919 g/mol. The molecule has 0 saturated heterocycles. The second kappa shape index (κ2) is 50.3. The van der Waals surface area contributed by atoms with E-state index in [0.29, 0.717) is 19.3 Å². The van der Waals surface area contributed by atoms with Crippen molar-refractivity contribution in [3.05, 3.63) is 0 Å². The molecule has 0 aromatic heterocycles. The first kappa shape index (κ1) is 63.4. The predicted octanol–water partition coefficient (Wildman–Crippen LogP) is 19.1. The maximum atomic E-state index is 12.9. The van der Waals surface area contributed by atoms with E-state index in [1.165, 1.54) is 205 Å². The highest BCUT2D eigenvalue weighted by Gasteiger charge is 2.19. The van der Waals surface area contributed by atoms with Crippen LogP contribution < -0.4 is 0 Å². The van der Waals surface area contributed by atoms with Gasteiger partial charge in [-0.25, -0.2) is 0 Å². The first-order valence-corrected chi connectivity index (χ1v) is 29.1. The van der Waals surface area contributed by atoms with Crippen molar-refractivity contribution in [2.45, 2.75) is 330 Å². The summed E-state index contributed by atoms with van der Waals surface area (Å²) < 4.78 is 16.9. The third kappa shape index (κ3) is 53.2. The van der Waals surface area contributed by atoms with Crippen molar-refractivity contribution in [2.75, 3.05) is 13.2 Å². The molecule has 6 nitrogen and oxygen atoms in total. The molecule has 0 spiro atoms. The van der Waals surface area contributed by atoms with Crippen LogP contribution in [0.1, 0.15) is 324 Å². The van der Waals surface area contributed by atoms with Gasteiger partial charge in [0.25, 0.3) is 0 Å². The molecule has 0 saturated carbocycles. The Morgan fingerprint density at radius 2 is 0.446 bits per heavy atom. The molecule has 0 aliphatic rings. The second-order valence-corrected chi connectivity index (χ2v) is 21.7. The highest BCUT2D eigenvalue weighted by molar-refractivity contribution is 5.71. The topological polar surface area (TPSA) is 78.9 Å². The highest BCUT2D eigenvalue weighted by Crippen LogP contribution is 2.18. The predicted molar refractivity (Wildman–Crippen MR) is 279 cm³/mol. The maximum Gasteiger partial charge on any atom is 0.306 e. The first-order valence-electron chi connectivity index (χ1n) is 29.1. The molecule has 0 aliphatic carbocycles. The van der Waals surface area contributed by atoms with E-state index in [2.05, 4.69) is 41.5 Å². The fourth-order valence-corrected chi connectivity index (χ4v) is 9.00. The molecule has 0 fully saturated rings. The molecular formula is C59H114O6. The SMILES string of the molecule is CC(C)CCCCCCCCCCCCCCCCC(=O)OC[C@H](COC(=O)CCCCCCCCCCCCC(C)C)OC(=O)CCCCCCCCCCCCCCCCC(C)C. The van der Waals surface area contributed by atoms with Crippen LogP contribution in [-0.4, -0.2) is 37.2 Å². The van der Waals surface area contributed by atoms with Crippen molar-refractivity contribution in [3.8, 4) is 0 Å². The third-order valence-corrected chi connectivity index (χ3v) is 13.4. The minimum Gasteiger partial charge on any atom is -0.462 e. The summed E-state index contributed by atoms with van der Waals surface area (Å²) in [4.78, 5) is 38.1. The molecule has 0 unspecified atom stereocenters. The molecular weight excluding hydrogens is 805 g/mol. The lowest BCUT2D eigenvalue weighted by molar-refractivity contribution is -0.167. The molecule has 0 heterocycles. The molecule has 65 heavy (non-hydrogen) atoms. The molecule has 0 aromatic carbocycles. The van der Waals surface area contributed by atoms with Gasteiger partial charge in [-0.3, -0.25) is 14.4 Å². The van der Waals surface area contributed by atoms with Gasteiger partial charge in [0.1, 0.15) is 13.2 Å². The number of unbranched alkanes of at least 4 members (excludes halogenated alkanes) is 35. The first-order chi connectivity index (χ1) is 31.6. The number of rotatable bonds is 52. The zero-order valence-electron chi connectivity index (χ0n) is 44.8. The Balaban J connectivity index is 4.30. The fraction of sp³-hybridized carbons (Fsp3) is 0.949. The smallest absolute Gasteiger partial charge is 0.306 e. The largest absolute Gasteiger partial charge is 0.462 e. The summed E-state index contributed by atoms with van der Waals surface area (Å²) in [6.45, 7) is 13.8. The molecule has 0 bridgehead atoms. The molecule has 1 atom stereocenters. The molecule has 0 aromatic rings. The number of ether oxygens (including phenoxy) is 3. The minimum atomic E-state index is -0.764. The molecule has 386 valence electrons. The molecule has 0 radical (unpaired) electrons. The Kier molecular flexibility index (Phi) is 49.1. The van der Waals surface area contributed by atoms with Crippen LogP contribution in [0.5, 0.6) is 0 Å². The molecule has 0 aliphatic heterocycles. The van der Waals surface area contributed by atoms with Gasteiger partial charge in [-0.15, -0.1) is 0 Å². The summed E-state index contributed by atoms with van der Waals surface area (Å²) in [6.07, 6.45) is 52.4. The Hall–Kier alpha value is -1.59. The van der Waals surface area contributed by atoms with Gasteiger partial charge in [0.05, 0.1) is 0 Å². The lowest BCUT2D eigenvalue weighted by Crippen LogP contribution is -2.30. The van der Waals surface area contributed by atoms with Crippen LogP contribution in [0, 0.1) is 17.8 Å². The van der Waals surface area contributed by atoms with Crippen LogP contribution in [0.2, 0.25) is 0 Å². The molecule has 0 N–H and O–H groups in total. The van der Waals surface area contributed by atoms with Crippen molar-refractivity contribution in [1.29, 1.82) is 0 Å². The standard InChI is InChI=1S/C59H114O6/c1-53(2)45-39-33-27-21-15-11-7-9-13-17-24-30-36-42-48-57(60)63-51-56(52-64-58(61)49-43-37-31-25-20-19-23-29-35-41-47-55(5)6)65-59(62)50-44-38-32-26-18-14-10-8-12-16-22-28-34-40-46-54(3)4/h53-56H,7-52H2,1-6H3/t56-/m1/s1. The quantitative estimate of drug-likeness (QED) is 0.0344. The summed E-state index contributed by atoms with van der Waals surface area (Å²) in [5.74, 6) is 1.66. The van der Waals surface area contributed by atoms with Crippen LogP contribution in [-0.2, 0) is 28.6 Å². The van der Waals surface area contributed by atoms with E-state index >= 15 is 0 Å². The van der Waals surface area contributed by atoms with Crippen LogP contribution in [0.25, 0.3) is 0 Å². The van der Waals surface area contributed by atoms with Crippen molar-refractivity contribution in [2.24, 2.45) is 17.8 Å². The van der Waals surface area contributed by atoms with E-state index in [0.717, 1.165) is 75.5 Å². The number of esters is 3. The second-order valence-electron chi connectivity index (χ2n) is 21.7. The maximum absolute atomic E-state index is 12.9. The average molecular weight is 920 g/mol. The van der Waals surface area contributed by atoms with Crippen LogP contribution in [0.15, 0.2) is 0 Å². The fourth-order valence-electron chi connectivity index (χ4n) is 9.00. The van der Waals surface area contributed by atoms with E-state index in [1.807, 2.05) is 0 Å². The number of carbonyl (C=O) groups is 3. The zero-order chi connectivity index (χ0) is 47.7. The van der Waals surface area contributed by atoms with E-state index in [9.17, 15) is 14.4 Å². The van der Waals surface area contributed by atoms with Gasteiger partial charge in [0.2, 0.25) is 0 Å². The van der Waals surface area contributed by atoms with Crippen LogP contribution in [0.4, 0.5) is 0 Å². The van der Waals surface area contributed by atoms with Gasteiger partial charge in [0.15, 0.2) is 6.10 Å². The molecule has 6 heteroatoms. The van der Waals surface area contributed by atoms with Gasteiger partial charge >= 0.3 is 17.9 Å². The van der Waals surface area contributed by atoms with E-state index < -0.39 is 6.10 Å².